The Labute approximate surface area is 129 Å². The smallest absolute Gasteiger partial charge is 0.319 e. The topological polar surface area (TPSA) is 87.2 Å². The van der Waals surface area contributed by atoms with Gasteiger partial charge in [0.1, 0.15) is 5.92 Å². The molecule has 0 spiro atoms. The standard InChI is InChI=1S/C14H23N5O3/c20-14-9-7-21-6-3-10(9)16-13(22-14)11-1-2-12(18-17-11)19-5-4-15-8-19/h9,11-13,15,17-18H,1-8H2. The maximum atomic E-state index is 12.1. The van der Waals surface area contributed by atoms with Crippen molar-refractivity contribution in [1.82, 2.24) is 21.1 Å². The van der Waals surface area contributed by atoms with Crippen molar-refractivity contribution in [3.05, 3.63) is 0 Å². The van der Waals surface area contributed by atoms with E-state index < -0.39 is 6.23 Å². The van der Waals surface area contributed by atoms with Gasteiger partial charge in [0.05, 0.1) is 25.4 Å². The van der Waals surface area contributed by atoms with E-state index in [1.54, 1.807) is 0 Å². The average molecular weight is 309 g/mol. The van der Waals surface area contributed by atoms with Crippen molar-refractivity contribution in [3.63, 3.8) is 0 Å². The van der Waals surface area contributed by atoms with Crippen LogP contribution < -0.4 is 16.2 Å². The van der Waals surface area contributed by atoms with Gasteiger partial charge in [-0.3, -0.25) is 9.69 Å². The monoisotopic (exact) mass is 309 g/mol. The van der Waals surface area contributed by atoms with Crippen molar-refractivity contribution < 1.29 is 14.3 Å². The molecule has 22 heavy (non-hydrogen) atoms. The highest BCUT2D eigenvalue weighted by Gasteiger charge is 2.40. The third-order valence-electron chi connectivity index (χ3n) is 4.87. The Balaban J connectivity index is 1.38. The van der Waals surface area contributed by atoms with Gasteiger partial charge in [-0.05, 0) is 12.8 Å². The molecule has 0 radical (unpaired) electrons. The summed E-state index contributed by atoms with van der Waals surface area (Å²) in [4.78, 5) is 19.1. The number of carbonyl (C=O) groups is 1. The molecule has 8 nitrogen and oxygen atoms in total. The molecule has 3 N–H and O–H groups in total. The zero-order valence-corrected chi connectivity index (χ0v) is 12.6. The van der Waals surface area contributed by atoms with Crippen molar-refractivity contribution in [2.45, 2.75) is 37.7 Å². The van der Waals surface area contributed by atoms with Gasteiger partial charge in [0.2, 0.25) is 6.23 Å². The minimum Gasteiger partial charge on any atom is -0.437 e. The first-order chi connectivity index (χ1) is 10.8. The second-order valence-electron chi connectivity index (χ2n) is 6.28. The summed E-state index contributed by atoms with van der Waals surface area (Å²) in [6.45, 7) is 4.08. The number of carbonyl (C=O) groups excluding carboxylic acids is 1. The number of aliphatic imine (C=N–C) groups is 1. The molecule has 0 aliphatic carbocycles. The third kappa shape index (κ3) is 2.77. The van der Waals surface area contributed by atoms with Gasteiger partial charge in [0.25, 0.3) is 0 Å². The molecule has 3 fully saturated rings. The van der Waals surface area contributed by atoms with E-state index in [1.165, 1.54) is 0 Å². The van der Waals surface area contributed by atoms with E-state index in [1.807, 2.05) is 0 Å². The lowest BCUT2D eigenvalue weighted by Gasteiger charge is -2.39. The second-order valence-corrected chi connectivity index (χ2v) is 6.28. The highest BCUT2D eigenvalue weighted by atomic mass is 16.6. The van der Waals surface area contributed by atoms with Crippen LogP contribution in [0.2, 0.25) is 0 Å². The molecule has 0 aromatic heterocycles. The van der Waals surface area contributed by atoms with Gasteiger partial charge in [0.15, 0.2) is 0 Å². The van der Waals surface area contributed by atoms with Gasteiger partial charge >= 0.3 is 5.97 Å². The van der Waals surface area contributed by atoms with Crippen LogP contribution in [0.25, 0.3) is 0 Å². The van der Waals surface area contributed by atoms with Crippen molar-refractivity contribution in [1.29, 1.82) is 0 Å². The lowest BCUT2D eigenvalue weighted by atomic mass is 9.97. The second kappa shape index (κ2) is 6.21. The molecular formula is C14H23N5O3. The molecule has 4 heterocycles. The number of esters is 1. The normalized spacial score (nSPS) is 40.0. The Morgan fingerprint density at radius 1 is 1.27 bits per heavy atom. The largest absolute Gasteiger partial charge is 0.437 e. The average Bonchev–Trinajstić information content (AvgIpc) is 3.09. The molecule has 122 valence electrons. The molecule has 0 aromatic carbocycles. The Morgan fingerprint density at radius 2 is 2.23 bits per heavy atom. The Kier molecular flexibility index (Phi) is 4.10. The van der Waals surface area contributed by atoms with Gasteiger partial charge in [-0.15, -0.1) is 0 Å². The summed E-state index contributed by atoms with van der Waals surface area (Å²) >= 11 is 0. The fourth-order valence-electron chi connectivity index (χ4n) is 3.53. The minimum absolute atomic E-state index is 0.0343. The number of nitrogens with zero attached hydrogens (tertiary/aromatic N) is 2. The first-order valence-corrected chi connectivity index (χ1v) is 8.12. The fraction of sp³-hybridized carbons (Fsp3) is 0.857. The third-order valence-corrected chi connectivity index (χ3v) is 4.87. The zero-order chi connectivity index (χ0) is 14.9. The number of hydrazine groups is 1. The van der Waals surface area contributed by atoms with E-state index >= 15 is 0 Å². The molecular weight excluding hydrogens is 286 g/mol. The number of hydrogen-bond donors (Lipinski definition) is 3. The predicted octanol–water partition coefficient (Wildman–Crippen LogP) is -1.21. The zero-order valence-electron chi connectivity index (χ0n) is 12.6. The SMILES string of the molecule is O=C1OC(C2CCC(N3CCNC3)NN2)N=C2CCOCC12. The van der Waals surface area contributed by atoms with E-state index in [9.17, 15) is 4.79 Å². The Morgan fingerprint density at radius 3 is 3.00 bits per heavy atom. The van der Waals surface area contributed by atoms with Gasteiger partial charge in [0, 0.05) is 31.9 Å². The van der Waals surface area contributed by atoms with Gasteiger partial charge in [-0.25, -0.2) is 15.8 Å². The summed E-state index contributed by atoms with van der Waals surface area (Å²) in [5.41, 5.74) is 7.59. The van der Waals surface area contributed by atoms with Crippen LogP contribution in [0.1, 0.15) is 19.3 Å². The molecule has 4 rings (SSSR count). The summed E-state index contributed by atoms with van der Waals surface area (Å²) in [6, 6.07) is 0.0343. The number of hydrogen-bond acceptors (Lipinski definition) is 8. The molecule has 4 aliphatic rings. The lowest BCUT2D eigenvalue weighted by molar-refractivity contribution is -0.158. The molecule has 0 bridgehead atoms. The molecule has 4 aliphatic heterocycles. The molecule has 0 saturated carbocycles. The lowest BCUT2D eigenvalue weighted by Crippen LogP contribution is -2.61. The molecule has 3 saturated heterocycles. The minimum atomic E-state index is -0.415. The number of rotatable bonds is 2. The van der Waals surface area contributed by atoms with Crippen LogP contribution in [-0.4, -0.2) is 68.0 Å². The predicted molar refractivity (Wildman–Crippen MR) is 78.9 cm³/mol. The van der Waals surface area contributed by atoms with Gasteiger partial charge < -0.3 is 14.8 Å². The summed E-state index contributed by atoms with van der Waals surface area (Å²) < 4.78 is 10.9. The van der Waals surface area contributed by atoms with Crippen LogP contribution in [0.15, 0.2) is 4.99 Å². The number of nitrogens with one attached hydrogen (secondary N) is 3. The fourth-order valence-corrected chi connectivity index (χ4v) is 3.53. The van der Waals surface area contributed by atoms with Crippen molar-refractivity contribution in [3.8, 4) is 0 Å². The van der Waals surface area contributed by atoms with Crippen LogP contribution in [0.3, 0.4) is 0 Å². The van der Waals surface area contributed by atoms with Crippen LogP contribution in [0.4, 0.5) is 0 Å². The van der Waals surface area contributed by atoms with Crippen LogP contribution in [-0.2, 0) is 14.3 Å². The molecule has 0 amide bonds. The van der Waals surface area contributed by atoms with Gasteiger partial charge in [-0.1, -0.05) is 0 Å². The number of cyclic esters (lactones) is 1. The first kappa shape index (κ1) is 14.5. The van der Waals surface area contributed by atoms with Crippen molar-refractivity contribution >= 4 is 11.7 Å². The summed E-state index contributed by atoms with van der Waals surface area (Å²) in [6.07, 6.45) is 2.60. The number of ether oxygens (including phenoxy) is 2. The molecule has 4 atom stereocenters. The van der Waals surface area contributed by atoms with E-state index in [-0.39, 0.29) is 17.9 Å². The van der Waals surface area contributed by atoms with E-state index in [2.05, 4.69) is 26.1 Å². The van der Waals surface area contributed by atoms with Crippen LogP contribution in [0.5, 0.6) is 0 Å². The van der Waals surface area contributed by atoms with Crippen LogP contribution >= 0.6 is 0 Å². The molecule has 4 unspecified atom stereocenters. The maximum Gasteiger partial charge on any atom is 0.319 e. The van der Waals surface area contributed by atoms with E-state index in [4.69, 9.17) is 9.47 Å². The van der Waals surface area contributed by atoms with Crippen molar-refractivity contribution in [2.75, 3.05) is 33.0 Å². The summed E-state index contributed by atoms with van der Waals surface area (Å²) in [5.74, 6) is -0.479. The quantitative estimate of drug-likeness (QED) is 0.552. The number of fused-ring (bicyclic) bond motifs is 1. The molecule has 0 aromatic rings. The first-order valence-electron chi connectivity index (χ1n) is 8.12. The maximum absolute atomic E-state index is 12.1. The van der Waals surface area contributed by atoms with E-state index in [0.717, 1.165) is 44.7 Å². The highest BCUT2D eigenvalue weighted by molar-refractivity contribution is 6.04. The van der Waals surface area contributed by atoms with Crippen LogP contribution in [0, 0.1) is 5.92 Å². The summed E-state index contributed by atoms with van der Waals surface area (Å²) in [5, 5.41) is 3.34. The van der Waals surface area contributed by atoms with E-state index in [0.29, 0.717) is 19.4 Å². The summed E-state index contributed by atoms with van der Waals surface area (Å²) in [7, 11) is 0. The molecule has 8 heteroatoms. The van der Waals surface area contributed by atoms with Crippen molar-refractivity contribution in [2.24, 2.45) is 10.9 Å². The highest BCUT2D eigenvalue weighted by Crippen LogP contribution is 2.24. The Hall–Kier alpha value is -1.06. The Bertz CT molecular complexity index is 457. The van der Waals surface area contributed by atoms with Gasteiger partial charge in [-0.2, -0.15) is 0 Å².